The quantitative estimate of drug-likeness (QED) is 0.858. The Kier molecular flexibility index (Phi) is 4.62. The lowest BCUT2D eigenvalue weighted by Crippen LogP contribution is -2.12. The number of aromatic nitrogens is 1. The Morgan fingerprint density at radius 2 is 2.05 bits per heavy atom. The van der Waals surface area contributed by atoms with E-state index in [9.17, 15) is 9.59 Å². The zero-order valence-corrected chi connectivity index (χ0v) is 12.3. The molecule has 0 fully saturated rings. The van der Waals surface area contributed by atoms with Crippen molar-refractivity contribution in [2.45, 2.75) is 33.2 Å². The number of hydrogen-bond donors (Lipinski definition) is 2. The molecule has 0 aliphatic rings. The van der Waals surface area contributed by atoms with E-state index in [0.717, 1.165) is 23.0 Å². The number of nitrogens with one attached hydrogen (secondary N) is 1. The zero-order chi connectivity index (χ0) is 15.4. The first kappa shape index (κ1) is 15.1. The number of nitrogens with zero attached hydrogens (tertiary/aromatic N) is 1. The maximum atomic E-state index is 11.8. The molecule has 0 saturated heterocycles. The average Bonchev–Trinajstić information content (AvgIpc) is 2.78. The molecule has 21 heavy (non-hydrogen) atoms. The number of anilines is 1. The highest BCUT2D eigenvalue weighted by atomic mass is 16.4. The molecule has 2 rings (SSSR count). The van der Waals surface area contributed by atoms with Crippen LogP contribution in [-0.2, 0) is 16.1 Å². The molecule has 0 spiro atoms. The molecule has 0 aliphatic heterocycles. The third-order valence-electron chi connectivity index (χ3n) is 3.31. The predicted molar refractivity (Wildman–Crippen MR) is 82.3 cm³/mol. The Morgan fingerprint density at radius 1 is 1.29 bits per heavy atom. The van der Waals surface area contributed by atoms with Crippen LogP contribution >= 0.6 is 0 Å². The van der Waals surface area contributed by atoms with Crippen molar-refractivity contribution in [3.8, 4) is 0 Å². The number of hydrogen-bond acceptors (Lipinski definition) is 2. The van der Waals surface area contributed by atoms with Gasteiger partial charge in [0.1, 0.15) is 6.54 Å². The van der Waals surface area contributed by atoms with Gasteiger partial charge in [-0.2, -0.15) is 0 Å². The highest BCUT2D eigenvalue weighted by Gasteiger charge is 2.07. The van der Waals surface area contributed by atoms with E-state index in [1.54, 1.807) is 16.8 Å². The van der Waals surface area contributed by atoms with Crippen molar-refractivity contribution < 1.29 is 14.7 Å². The summed E-state index contributed by atoms with van der Waals surface area (Å²) in [6.07, 6.45) is 3.11. The number of amides is 1. The molecule has 2 aromatic rings. The molecule has 0 bridgehead atoms. The third-order valence-corrected chi connectivity index (χ3v) is 3.31. The smallest absolute Gasteiger partial charge is 0.323 e. The van der Waals surface area contributed by atoms with Crippen molar-refractivity contribution in [3.05, 3.63) is 30.5 Å². The lowest BCUT2D eigenvalue weighted by molar-refractivity contribution is -0.137. The molecule has 1 heterocycles. The van der Waals surface area contributed by atoms with E-state index in [4.69, 9.17) is 5.11 Å². The van der Waals surface area contributed by atoms with E-state index in [1.165, 1.54) is 0 Å². The molecule has 2 N–H and O–H groups in total. The largest absolute Gasteiger partial charge is 0.480 e. The summed E-state index contributed by atoms with van der Waals surface area (Å²) in [5.74, 6) is -0.366. The fourth-order valence-electron chi connectivity index (χ4n) is 2.20. The van der Waals surface area contributed by atoms with Gasteiger partial charge in [-0.05, 0) is 36.6 Å². The van der Waals surface area contributed by atoms with Crippen molar-refractivity contribution in [2.24, 2.45) is 5.92 Å². The Balaban J connectivity index is 2.09. The molecule has 0 unspecified atom stereocenters. The van der Waals surface area contributed by atoms with Crippen LogP contribution in [0.4, 0.5) is 5.69 Å². The number of carbonyl (C=O) groups excluding carboxylic acids is 1. The minimum atomic E-state index is -0.876. The minimum absolute atomic E-state index is 0.00742. The van der Waals surface area contributed by atoms with Crippen molar-refractivity contribution in [1.82, 2.24) is 4.57 Å². The molecule has 1 aromatic heterocycles. The SMILES string of the molecule is CC(C)CCC(=O)Nc1ccc2c(ccn2CC(=O)O)c1. The molecule has 0 radical (unpaired) electrons. The second kappa shape index (κ2) is 6.43. The number of carboxylic acid groups (broad SMARTS) is 1. The normalized spacial score (nSPS) is 11.0. The van der Waals surface area contributed by atoms with Crippen LogP contribution in [0.3, 0.4) is 0 Å². The van der Waals surface area contributed by atoms with Crippen LogP contribution in [0.2, 0.25) is 0 Å². The van der Waals surface area contributed by atoms with E-state index < -0.39 is 5.97 Å². The molecule has 0 aliphatic carbocycles. The van der Waals surface area contributed by atoms with Crippen LogP contribution in [0.1, 0.15) is 26.7 Å². The molecule has 5 heteroatoms. The molecular weight excluding hydrogens is 268 g/mol. The maximum absolute atomic E-state index is 11.8. The summed E-state index contributed by atoms with van der Waals surface area (Å²) in [7, 11) is 0. The lowest BCUT2D eigenvalue weighted by atomic mass is 10.1. The average molecular weight is 288 g/mol. The van der Waals surface area contributed by atoms with E-state index in [2.05, 4.69) is 19.2 Å². The Labute approximate surface area is 123 Å². The summed E-state index contributed by atoms with van der Waals surface area (Å²) in [6, 6.07) is 7.34. The number of rotatable bonds is 6. The number of fused-ring (bicyclic) bond motifs is 1. The van der Waals surface area contributed by atoms with Crippen LogP contribution < -0.4 is 5.32 Å². The van der Waals surface area contributed by atoms with Crippen molar-refractivity contribution in [3.63, 3.8) is 0 Å². The first-order chi connectivity index (χ1) is 9.95. The van der Waals surface area contributed by atoms with Gasteiger partial charge in [0.25, 0.3) is 0 Å². The fraction of sp³-hybridized carbons (Fsp3) is 0.375. The van der Waals surface area contributed by atoms with Gasteiger partial charge in [-0.1, -0.05) is 13.8 Å². The number of benzene rings is 1. The second-order valence-corrected chi connectivity index (χ2v) is 5.59. The molecule has 1 aromatic carbocycles. The van der Waals surface area contributed by atoms with Crippen LogP contribution in [0.5, 0.6) is 0 Å². The Bertz CT molecular complexity index is 659. The molecule has 1 amide bonds. The van der Waals surface area contributed by atoms with Gasteiger partial charge in [0.05, 0.1) is 0 Å². The highest BCUT2D eigenvalue weighted by molar-refractivity contribution is 5.94. The van der Waals surface area contributed by atoms with E-state index in [-0.39, 0.29) is 12.5 Å². The topological polar surface area (TPSA) is 71.3 Å². The molecule has 0 saturated carbocycles. The van der Waals surface area contributed by atoms with Crippen molar-refractivity contribution in [2.75, 3.05) is 5.32 Å². The molecule has 5 nitrogen and oxygen atoms in total. The molecule has 0 atom stereocenters. The third kappa shape index (κ3) is 4.08. The van der Waals surface area contributed by atoms with Gasteiger partial charge >= 0.3 is 5.97 Å². The van der Waals surface area contributed by atoms with Crippen molar-refractivity contribution in [1.29, 1.82) is 0 Å². The summed E-state index contributed by atoms with van der Waals surface area (Å²) in [6.45, 7) is 4.11. The standard InChI is InChI=1S/C16H20N2O3/c1-11(2)3-6-15(19)17-13-4-5-14-12(9-13)7-8-18(14)10-16(20)21/h4-5,7-9,11H,3,6,10H2,1-2H3,(H,17,19)(H,20,21). The summed E-state index contributed by atoms with van der Waals surface area (Å²) in [4.78, 5) is 22.6. The first-order valence-electron chi connectivity index (χ1n) is 7.06. The van der Waals surface area contributed by atoms with Gasteiger partial charge in [0.2, 0.25) is 5.91 Å². The fourth-order valence-corrected chi connectivity index (χ4v) is 2.20. The van der Waals surface area contributed by atoms with Gasteiger partial charge < -0.3 is 15.0 Å². The predicted octanol–water partition coefficient (Wildman–Crippen LogP) is 3.10. The van der Waals surface area contributed by atoms with Crippen molar-refractivity contribution >= 4 is 28.5 Å². The number of carboxylic acids is 1. The zero-order valence-electron chi connectivity index (χ0n) is 12.3. The van der Waals surface area contributed by atoms with Gasteiger partial charge in [0.15, 0.2) is 0 Å². The van der Waals surface area contributed by atoms with E-state index >= 15 is 0 Å². The summed E-state index contributed by atoms with van der Waals surface area (Å²) >= 11 is 0. The highest BCUT2D eigenvalue weighted by Crippen LogP contribution is 2.21. The lowest BCUT2D eigenvalue weighted by Gasteiger charge is -2.07. The molecule has 112 valence electrons. The van der Waals surface area contributed by atoms with Gasteiger partial charge in [-0.25, -0.2) is 0 Å². The van der Waals surface area contributed by atoms with Gasteiger partial charge in [0, 0.05) is 29.2 Å². The summed E-state index contributed by atoms with van der Waals surface area (Å²) < 4.78 is 1.67. The maximum Gasteiger partial charge on any atom is 0.323 e. The minimum Gasteiger partial charge on any atom is -0.480 e. The number of aliphatic carboxylic acids is 1. The second-order valence-electron chi connectivity index (χ2n) is 5.59. The molecular formula is C16H20N2O3. The van der Waals surface area contributed by atoms with E-state index in [0.29, 0.717) is 12.3 Å². The van der Waals surface area contributed by atoms with Crippen LogP contribution in [0.25, 0.3) is 10.9 Å². The first-order valence-corrected chi connectivity index (χ1v) is 7.06. The Morgan fingerprint density at radius 3 is 2.71 bits per heavy atom. The Hall–Kier alpha value is -2.30. The number of carbonyl (C=O) groups is 2. The van der Waals surface area contributed by atoms with Gasteiger partial charge in [-0.15, -0.1) is 0 Å². The van der Waals surface area contributed by atoms with Crippen LogP contribution in [-0.4, -0.2) is 21.6 Å². The summed E-state index contributed by atoms with van der Waals surface area (Å²) in [5.41, 5.74) is 1.59. The van der Waals surface area contributed by atoms with E-state index in [1.807, 2.05) is 18.2 Å². The van der Waals surface area contributed by atoms with Crippen LogP contribution in [0.15, 0.2) is 30.5 Å². The van der Waals surface area contributed by atoms with Crippen LogP contribution in [0, 0.1) is 5.92 Å². The summed E-state index contributed by atoms with van der Waals surface area (Å²) in [5, 5.41) is 12.6. The van der Waals surface area contributed by atoms with Gasteiger partial charge in [-0.3, -0.25) is 9.59 Å². The monoisotopic (exact) mass is 288 g/mol.